The quantitative estimate of drug-likeness (QED) is 0.792. The molecule has 3 unspecified atom stereocenters. The highest BCUT2D eigenvalue weighted by Crippen LogP contribution is 2.39. The fourth-order valence-corrected chi connectivity index (χ4v) is 6.71. The zero-order valence-corrected chi connectivity index (χ0v) is 13.4. The van der Waals surface area contributed by atoms with Crippen LogP contribution in [0.5, 0.6) is 0 Å². The van der Waals surface area contributed by atoms with E-state index in [0.717, 1.165) is 64.2 Å². The van der Waals surface area contributed by atoms with Gasteiger partial charge in [0.25, 0.3) is 0 Å². The van der Waals surface area contributed by atoms with E-state index >= 15 is 0 Å². The zero-order chi connectivity index (χ0) is 14.6. The van der Waals surface area contributed by atoms with Crippen LogP contribution in [0.1, 0.15) is 71.1 Å². The van der Waals surface area contributed by atoms with Crippen LogP contribution in [-0.2, 0) is 9.84 Å². The van der Waals surface area contributed by atoms with E-state index in [0.29, 0.717) is 5.92 Å². The Balaban J connectivity index is 2.14. The largest absolute Gasteiger partial charge is 0.228 e. The predicted octanol–water partition coefficient (Wildman–Crippen LogP) is 3.84. The van der Waals surface area contributed by atoms with Gasteiger partial charge in [-0.25, -0.2) is 8.42 Å². The van der Waals surface area contributed by atoms with Crippen LogP contribution < -0.4 is 0 Å². The second-order valence-electron chi connectivity index (χ2n) is 6.59. The van der Waals surface area contributed by atoms with Crippen molar-refractivity contribution < 1.29 is 8.42 Å². The molecule has 0 saturated heterocycles. The van der Waals surface area contributed by atoms with Crippen LogP contribution in [0.15, 0.2) is 0 Å². The highest BCUT2D eigenvalue weighted by molar-refractivity contribution is 7.92. The van der Waals surface area contributed by atoms with Gasteiger partial charge in [0.05, 0.1) is 22.5 Å². The van der Waals surface area contributed by atoms with Crippen molar-refractivity contribution in [1.29, 1.82) is 5.26 Å². The summed E-state index contributed by atoms with van der Waals surface area (Å²) in [6.07, 6.45) is 9.61. The van der Waals surface area contributed by atoms with Crippen molar-refractivity contribution in [2.75, 3.05) is 0 Å². The molecule has 0 aliphatic heterocycles. The van der Waals surface area contributed by atoms with Gasteiger partial charge in [0, 0.05) is 0 Å². The second-order valence-corrected chi connectivity index (χ2v) is 9.04. The van der Waals surface area contributed by atoms with Gasteiger partial charge in [-0.15, -0.1) is 0 Å². The van der Waals surface area contributed by atoms with Gasteiger partial charge >= 0.3 is 0 Å². The third-order valence-corrected chi connectivity index (χ3v) is 7.97. The minimum Gasteiger partial charge on any atom is -0.228 e. The summed E-state index contributed by atoms with van der Waals surface area (Å²) >= 11 is 0. The summed E-state index contributed by atoms with van der Waals surface area (Å²) in [4.78, 5) is 0. The first-order chi connectivity index (χ1) is 9.59. The van der Waals surface area contributed by atoms with E-state index in [-0.39, 0.29) is 16.4 Å². The molecule has 2 rings (SSSR count). The third kappa shape index (κ3) is 3.36. The van der Waals surface area contributed by atoms with Crippen LogP contribution in [0, 0.1) is 23.2 Å². The summed E-state index contributed by atoms with van der Waals surface area (Å²) in [5, 5.41) is 8.77. The Labute approximate surface area is 123 Å². The van der Waals surface area contributed by atoms with Crippen LogP contribution in [0.3, 0.4) is 0 Å². The van der Waals surface area contributed by atoms with Crippen molar-refractivity contribution in [3.8, 4) is 6.07 Å². The molecule has 0 aromatic rings. The summed E-state index contributed by atoms with van der Waals surface area (Å²) < 4.78 is 25.8. The predicted molar refractivity (Wildman–Crippen MR) is 80.9 cm³/mol. The first kappa shape index (κ1) is 15.8. The lowest BCUT2D eigenvalue weighted by atomic mass is 9.80. The normalized spacial score (nSPS) is 32.7. The minimum atomic E-state index is -3.12. The first-order valence-electron chi connectivity index (χ1n) is 8.22. The summed E-state index contributed by atoms with van der Waals surface area (Å²) in [7, 11) is -3.12. The standard InChI is InChI=1S/C16H27NO2S/c1-2-6-13-9-10-14(12-17)16(11-13)20(18,19)15-7-4-3-5-8-15/h13-16H,2-11H2,1H3. The van der Waals surface area contributed by atoms with E-state index in [2.05, 4.69) is 13.0 Å². The van der Waals surface area contributed by atoms with Crippen molar-refractivity contribution in [1.82, 2.24) is 0 Å². The second kappa shape index (κ2) is 6.93. The molecule has 20 heavy (non-hydrogen) atoms. The molecule has 2 fully saturated rings. The Morgan fingerprint density at radius 2 is 1.80 bits per heavy atom. The third-order valence-electron chi connectivity index (χ3n) is 5.20. The van der Waals surface area contributed by atoms with E-state index in [1.54, 1.807) is 0 Å². The van der Waals surface area contributed by atoms with Crippen molar-refractivity contribution in [3.63, 3.8) is 0 Å². The maximum atomic E-state index is 12.9. The van der Waals surface area contributed by atoms with E-state index in [1.165, 1.54) is 0 Å². The molecule has 3 nitrogen and oxygen atoms in total. The van der Waals surface area contributed by atoms with Gasteiger partial charge < -0.3 is 0 Å². The topological polar surface area (TPSA) is 57.9 Å². The molecule has 0 aromatic carbocycles. The summed E-state index contributed by atoms with van der Waals surface area (Å²) in [5.74, 6) is 0.239. The fraction of sp³-hybridized carbons (Fsp3) is 0.938. The number of sulfone groups is 1. The molecule has 4 heteroatoms. The van der Waals surface area contributed by atoms with Crippen LogP contribution in [0.4, 0.5) is 0 Å². The van der Waals surface area contributed by atoms with Gasteiger partial charge in [0.15, 0.2) is 9.84 Å². The van der Waals surface area contributed by atoms with Gasteiger partial charge in [-0.3, -0.25) is 0 Å². The van der Waals surface area contributed by atoms with Crippen molar-refractivity contribution in [3.05, 3.63) is 0 Å². The number of nitriles is 1. The molecule has 0 amide bonds. The molecule has 0 spiro atoms. The Kier molecular flexibility index (Phi) is 5.49. The maximum Gasteiger partial charge on any atom is 0.157 e. The lowest BCUT2D eigenvalue weighted by molar-refractivity contribution is 0.296. The molecule has 0 radical (unpaired) electrons. The number of nitrogens with zero attached hydrogens (tertiary/aromatic N) is 1. The summed E-state index contributed by atoms with van der Waals surface area (Å²) in [5.41, 5.74) is 0. The van der Waals surface area contributed by atoms with Crippen LogP contribution in [0.2, 0.25) is 0 Å². The smallest absolute Gasteiger partial charge is 0.157 e. The van der Waals surface area contributed by atoms with E-state index < -0.39 is 9.84 Å². The van der Waals surface area contributed by atoms with Crippen LogP contribution in [-0.4, -0.2) is 18.9 Å². The average Bonchev–Trinajstić information content (AvgIpc) is 2.48. The van der Waals surface area contributed by atoms with Crippen LogP contribution in [0.25, 0.3) is 0 Å². The SMILES string of the molecule is CCCC1CCC(C#N)C(S(=O)(=O)C2CCCCC2)C1. The fourth-order valence-electron chi connectivity index (χ4n) is 4.03. The van der Waals surface area contributed by atoms with Gasteiger partial charge in [0.2, 0.25) is 0 Å². The van der Waals surface area contributed by atoms with Crippen molar-refractivity contribution in [2.24, 2.45) is 11.8 Å². The van der Waals surface area contributed by atoms with E-state index in [9.17, 15) is 13.7 Å². The van der Waals surface area contributed by atoms with Crippen molar-refractivity contribution in [2.45, 2.75) is 81.6 Å². The molecular weight excluding hydrogens is 270 g/mol. The molecular formula is C16H27NO2S. The lowest BCUT2D eigenvalue weighted by Crippen LogP contribution is -2.41. The van der Waals surface area contributed by atoms with Crippen molar-refractivity contribution >= 4 is 9.84 Å². The molecule has 0 heterocycles. The monoisotopic (exact) mass is 297 g/mol. The molecule has 2 aliphatic carbocycles. The van der Waals surface area contributed by atoms with Gasteiger partial charge in [0.1, 0.15) is 0 Å². The number of hydrogen-bond acceptors (Lipinski definition) is 3. The molecule has 0 bridgehead atoms. The summed E-state index contributed by atoms with van der Waals surface area (Å²) in [6.45, 7) is 2.15. The van der Waals surface area contributed by atoms with E-state index in [4.69, 9.17) is 0 Å². The van der Waals surface area contributed by atoms with Gasteiger partial charge in [-0.2, -0.15) is 5.26 Å². The zero-order valence-electron chi connectivity index (χ0n) is 12.6. The molecule has 2 saturated carbocycles. The number of hydrogen-bond donors (Lipinski definition) is 0. The average molecular weight is 297 g/mol. The first-order valence-corrected chi connectivity index (χ1v) is 9.82. The molecule has 0 N–H and O–H groups in total. The highest BCUT2D eigenvalue weighted by atomic mass is 32.2. The molecule has 3 atom stereocenters. The Morgan fingerprint density at radius 1 is 1.10 bits per heavy atom. The summed E-state index contributed by atoms with van der Waals surface area (Å²) in [6, 6.07) is 2.28. The number of rotatable bonds is 4. The minimum absolute atomic E-state index is 0.169. The maximum absolute atomic E-state index is 12.9. The molecule has 0 aromatic heterocycles. The highest BCUT2D eigenvalue weighted by Gasteiger charge is 2.42. The lowest BCUT2D eigenvalue weighted by Gasteiger charge is -2.35. The Morgan fingerprint density at radius 3 is 2.40 bits per heavy atom. The van der Waals surface area contributed by atoms with Crippen LogP contribution >= 0.6 is 0 Å². The Bertz CT molecular complexity index is 446. The van der Waals surface area contributed by atoms with Gasteiger partial charge in [-0.05, 0) is 38.0 Å². The van der Waals surface area contributed by atoms with Gasteiger partial charge in [-0.1, -0.05) is 39.0 Å². The Hall–Kier alpha value is -0.560. The molecule has 114 valence electrons. The molecule has 2 aliphatic rings. The van der Waals surface area contributed by atoms with E-state index in [1.807, 2.05) is 0 Å².